The number of anilines is 1. The van der Waals surface area contributed by atoms with E-state index < -0.39 is 30.0 Å². The van der Waals surface area contributed by atoms with Crippen LogP contribution >= 0.6 is 22.6 Å². The van der Waals surface area contributed by atoms with Gasteiger partial charge in [-0.15, -0.1) is 0 Å². The van der Waals surface area contributed by atoms with Gasteiger partial charge in [-0.25, -0.2) is 4.79 Å². The number of carbonyl (C=O) groups excluding carboxylic acids is 1. The smallest absolute Gasteiger partial charge is 0.466 e. The average Bonchev–Trinajstić information content (AvgIpc) is 2.96. The Labute approximate surface area is 173 Å². The van der Waals surface area contributed by atoms with E-state index in [-0.39, 0.29) is 0 Å². The van der Waals surface area contributed by atoms with Crippen LogP contribution in [-0.2, 0) is 14.0 Å². The maximum absolute atomic E-state index is 13.0. The molecule has 1 atom stereocenters. The van der Waals surface area contributed by atoms with E-state index in [4.69, 9.17) is 14.0 Å². The Morgan fingerprint density at radius 2 is 1.48 bits per heavy atom. The summed E-state index contributed by atoms with van der Waals surface area (Å²) in [6.45, 7) is 5.52. The first kappa shape index (κ1) is 18.8. The summed E-state index contributed by atoms with van der Waals surface area (Å²) in [5.74, 6) is -0.502. The van der Waals surface area contributed by atoms with Crippen molar-refractivity contribution in [2.24, 2.45) is 0 Å². The van der Waals surface area contributed by atoms with Gasteiger partial charge in [-0.05, 0) is 74.6 Å². The van der Waals surface area contributed by atoms with E-state index in [1.807, 2.05) is 82.3 Å². The predicted molar refractivity (Wildman–Crippen MR) is 113 cm³/mol. The molecular formula is C20H22BINO4-. The summed E-state index contributed by atoms with van der Waals surface area (Å²) in [4.78, 5) is 14.6. The van der Waals surface area contributed by atoms with E-state index in [0.717, 1.165) is 14.8 Å². The third-order valence-corrected chi connectivity index (χ3v) is 6.46. The van der Waals surface area contributed by atoms with Crippen LogP contribution in [0.25, 0.3) is 0 Å². The molecule has 1 unspecified atom stereocenters. The molecule has 2 aliphatic heterocycles. The second-order valence-corrected chi connectivity index (χ2v) is 9.28. The van der Waals surface area contributed by atoms with E-state index in [2.05, 4.69) is 22.6 Å². The molecule has 27 heavy (non-hydrogen) atoms. The number of hydrogen-bond donors (Lipinski definition) is 0. The van der Waals surface area contributed by atoms with Gasteiger partial charge in [0.1, 0.15) is 0 Å². The molecule has 2 aliphatic rings. The fraction of sp³-hybridized carbons (Fsp3) is 0.350. The maximum atomic E-state index is 13.0. The summed E-state index contributed by atoms with van der Waals surface area (Å²) in [5.41, 5.74) is 0.446. The van der Waals surface area contributed by atoms with Crippen molar-refractivity contribution in [3.8, 4) is 0 Å². The zero-order valence-corrected chi connectivity index (χ0v) is 18.0. The fourth-order valence-electron chi connectivity index (χ4n) is 3.76. The molecule has 0 radical (unpaired) electrons. The van der Waals surface area contributed by atoms with Crippen LogP contribution in [0.1, 0.15) is 39.2 Å². The predicted octanol–water partition coefficient (Wildman–Crippen LogP) is 5.07. The zero-order valence-electron chi connectivity index (χ0n) is 15.8. The highest BCUT2D eigenvalue weighted by atomic mass is 127. The Kier molecular flexibility index (Phi) is 4.32. The van der Waals surface area contributed by atoms with Crippen molar-refractivity contribution < 1.29 is 18.8 Å². The van der Waals surface area contributed by atoms with E-state index in [1.165, 1.54) is 0 Å². The highest BCUT2D eigenvalue weighted by Crippen LogP contribution is 2.52. The van der Waals surface area contributed by atoms with Gasteiger partial charge in [-0.1, -0.05) is 35.9 Å². The lowest BCUT2D eigenvalue weighted by molar-refractivity contribution is 0.00578. The highest BCUT2D eigenvalue weighted by molar-refractivity contribution is 14.1. The second kappa shape index (κ2) is 6.22. The normalized spacial score (nSPS) is 25.0. The van der Waals surface area contributed by atoms with Crippen LogP contribution < -0.4 is 4.90 Å². The first-order valence-electron chi connectivity index (χ1n) is 9.02. The summed E-state index contributed by atoms with van der Waals surface area (Å²) in [6.07, 6.45) is -0.460. The lowest BCUT2D eigenvalue weighted by Gasteiger charge is -2.37. The van der Waals surface area contributed by atoms with Gasteiger partial charge >= 0.3 is 12.8 Å². The van der Waals surface area contributed by atoms with Crippen LogP contribution in [0.3, 0.4) is 0 Å². The summed E-state index contributed by atoms with van der Waals surface area (Å²) < 4.78 is 19.7. The van der Waals surface area contributed by atoms with Crippen LogP contribution in [0, 0.1) is 3.57 Å². The average molecular weight is 478 g/mol. The van der Waals surface area contributed by atoms with E-state index in [1.54, 1.807) is 4.90 Å². The first-order valence-corrected chi connectivity index (χ1v) is 10.1. The lowest BCUT2D eigenvalue weighted by atomic mass is 9.65. The molecule has 5 nitrogen and oxygen atoms in total. The molecule has 4 rings (SSSR count). The molecule has 0 bridgehead atoms. The third kappa shape index (κ3) is 2.96. The molecule has 2 aromatic carbocycles. The van der Waals surface area contributed by atoms with Crippen molar-refractivity contribution in [3.05, 3.63) is 63.7 Å². The monoisotopic (exact) mass is 478 g/mol. The van der Waals surface area contributed by atoms with Gasteiger partial charge < -0.3 is 18.9 Å². The standard InChI is InChI=1S/C20H22BINO4/c1-19(2)20(3,4)27-21(26-19)17(14-10-12-15(22)13-11-14)23(18(24)25-21)16-8-6-5-7-9-16/h5-13,17H,1-4H3/q-1. The summed E-state index contributed by atoms with van der Waals surface area (Å²) >= 11 is 2.26. The number of hydrogen-bond acceptors (Lipinski definition) is 4. The largest absolute Gasteiger partial charge is 0.625 e. The Bertz CT molecular complexity index is 853. The van der Waals surface area contributed by atoms with Crippen LogP contribution in [0.15, 0.2) is 54.6 Å². The minimum atomic E-state index is -2.34. The molecule has 2 heterocycles. The quantitative estimate of drug-likeness (QED) is 0.447. The van der Waals surface area contributed by atoms with Crippen LogP contribution in [0.2, 0.25) is 0 Å². The van der Waals surface area contributed by atoms with E-state index in [9.17, 15) is 4.79 Å². The SMILES string of the molecule is CC1(C)O[B-]2(OC(=O)N(c3ccccc3)C2c2ccc(I)cc2)OC1(C)C. The molecule has 0 aromatic heterocycles. The van der Waals surface area contributed by atoms with Gasteiger partial charge in [0.05, 0.1) is 0 Å². The van der Waals surface area contributed by atoms with Gasteiger partial charge in [0.2, 0.25) is 0 Å². The van der Waals surface area contributed by atoms with E-state index in [0.29, 0.717) is 0 Å². The molecule has 1 spiro atoms. The number of rotatable bonds is 2. The minimum absolute atomic E-state index is 0.460. The Balaban J connectivity index is 1.87. The minimum Gasteiger partial charge on any atom is -0.625 e. The molecule has 2 aromatic rings. The van der Waals surface area contributed by atoms with Gasteiger partial charge in [-0.2, -0.15) is 0 Å². The second-order valence-electron chi connectivity index (χ2n) is 8.04. The molecule has 0 N–H and O–H groups in total. The van der Waals surface area contributed by atoms with Crippen molar-refractivity contribution in [1.29, 1.82) is 0 Å². The van der Waals surface area contributed by atoms with Crippen molar-refractivity contribution in [1.82, 2.24) is 0 Å². The van der Waals surface area contributed by atoms with Crippen molar-refractivity contribution >= 4 is 41.1 Å². The molecular weight excluding hydrogens is 456 g/mol. The molecule has 2 fully saturated rings. The molecule has 7 heteroatoms. The maximum Gasteiger partial charge on any atom is 0.466 e. The highest BCUT2D eigenvalue weighted by Gasteiger charge is 2.64. The van der Waals surface area contributed by atoms with Crippen molar-refractivity contribution in [2.75, 3.05) is 4.90 Å². The molecule has 0 saturated carbocycles. The summed E-state index contributed by atoms with van der Waals surface area (Å²) in [7, 11) is 0. The van der Waals surface area contributed by atoms with Gasteiger partial charge in [0.25, 0.3) is 0 Å². The van der Waals surface area contributed by atoms with Crippen molar-refractivity contribution in [3.63, 3.8) is 0 Å². The van der Waals surface area contributed by atoms with Crippen molar-refractivity contribution in [2.45, 2.75) is 44.8 Å². The number of benzene rings is 2. The van der Waals surface area contributed by atoms with Crippen LogP contribution in [0.4, 0.5) is 10.5 Å². The summed E-state index contributed by atoms with van der Waals surface area (Å²) in [5, 5.41) is 0. The molecule has 0 aliphatic carbocycles. The van der Waals surface area contributed by atoms with Gasteiger partial charge in [0, 0.05) is 26.4 Å². The van der Waals surface area contributed by atoms with E-state index >= 15 is 0 Å². The Morgan fingerprint density at radius 3 is 2.04 bits per heavy atom. The first-order chi connectivity index (χ1) is 12.7. The number of carbonyl (C=O) groups is 1. The molecule has 142 valence electrons. The Morgan fingerprint density at radius 1 is 0.926 bits per heavy atom. The van der Waals surface area contributed by atoms with Gasteiger partial charge in [-0.3, -0.25) is 0 Å². The number of amides is 1. The van der Waals surface area contributed by atoms with Gasteiger partial charge in [0.15, 0.2) is 0 Å². The van der Waals surface area contributed by atoms with Crippen LogP contribution in [-0.4, -0.2) is 24.0 Å². The third-order valence-electron chi connectivity index (χ3n) is 5.74. The summed E-state index contributed by atoms with van der Waals surface area (Å²) in [6, 6.07) is 17.5. The fourth-order valence-corrected chi connectivity index (χ4v) is 4.12. The van der Waals surface area contributed by atoms with Crippen LogP contribution in [0.5, 0.6) is 0 Å². The molecule has 2 saturated heterocycles. The Hall–Kier alpha value is -1.58. The lowest BCUT2D eigenvalue weighted by Crippen LogP contribution is -2.47. The number of halogens is 1. The number of para-hydroxylation sites is 1. The zero-order chi connectivity index (χ0) is 19.4. The number of nitrogens with zero attached hydrogens (tertiary/aromatic N) is 1. The molecule has 1 amide bonds. The topological polar surface area (TPSA) is 48.0 Å².